The first-order chi connectivity index (χ1) is 10.8. The number of hydrogen-bond donors (Lipinski definition) is 1. The van der Waals surface area contributed by atoms with E-state index in [4.69, 9.17) is 9.84 Å². The number of ether oxygens (including phenoxy) is 1. The molecular formula is C20H28O2. The highest BCUT2D eigenvalue weighted by Crippen LogP contribution is 2.60. The molecule has 2 nitrogen and oxygen atoms in total. The Morgan fingerprint density at radius 2 is 1.50 bits per heavy atom. The van der Waals surface area contributed by atoms with E-state index in [2.05, 4.69) is 24.3 Å². The number of hydrogen-bond acceptors (Lipinski definition) is 2. The van der Waals surface area contributed by atoms with Crippen molar-refractivity contribution < 1.29 is 9.84 Å². The van der Waals surface area contributed by atoms with Crippen LogP contribution in [0.15, 0.2) is 24.3 Å². The van der Waals surface area contributed by atoms with Crippen LogP contribution in [0.3, 0.4) is 0 Å². The van der Waals surface area contributed by atoms with E-state index < -0.39 is 0 Å². The molecule has 0 saturated heterocycles. The first kappa shape index (κ1) is 14.6. The summed E-state index contributed by atoms with van der Waals surface area (Å²) in [5, 5.41) is 8.80. The van der Waals surface area contributed by atoms with E-state index in [1.807, 2.05) is 0 Å². The SMILES string of the molecule is OCCCCOc1ccc(C23CC4CC(CC(C4)C2)C3)cc1. The zero-order chi connectivity index (χ0) is 15.0. The topological polar surface area (TPSA) is 29.5 Å². The summed E-state index contributed by atoms with van der Waals surface area (Å²) in [4.78, 5) is 0. The summed E-state index contributed by atoms with van der Waals surface area (Å²) in [6, 6.07) is 8.97. The van der Waals surface area contributed by atoms with Crippen molar-refractivity contribution in [3.8, 4) is 5.75 Å². The Hall–Kier alpha value is -1.02. The van der Waals surface area contributed by atoms with Crippen molar-refractivity contribution in [2.45, 2.75) is 56.8 Å². The van der Waals surface area contributed by atoms with Gasteiger partial charge in [0.15, 0.2) is 0 Å². The van der Waals surface area contributed by atoms with Gasteiger partial charge in [-0.2, -0.15) is 0 Å². The minimum absolute atomic E-state index is 0.258. The third-order valence-electron chi connectivity index (χ3n) is 6.33. The van der Waals surface area contributed by atoms with Gasteiger partial charge in [0.05, 0.1) is 6.61 Å². The Bertz CT molecular complexity index is 470. The Labute approximate surface area is 133 Å². The van der Waals surface area contributed by atoms with Crippen molar-refractivity contribution in [2.75, 3.05) is 13.2 Å². The zero-order valence-corrected chi connectivity index (χ0v) is 13.5. The molecule has 0 amide bonds. The highest BCUT2D eigenvalue weighted by molar-refractivity contribution is 5.34. The van der Waals surface area contributed by atoms with Crippen LogP contribution in [0, 0.1) is 17.8 Å². The maximum absolute atomic E-state index is 8.80. The molecule has 4 saturated carbocycles. The quantitative estimate of drug-likeness (QED) is 0.793. The Balaban J connectivity index is 1.44. The minimum Gasteiger partial charge on any atom is -0.494 e. The summed E-state index contributed by atoms with van der Waals surface area (Å²) in [7, 11) is 0. The van der Waals surface area contributed by atoms with Crippen LogP contribution in [0.2, 0.25) is 0 Å². The Morgan fingerprint density at radius 3 is 2.05 bits per heavy atom. The number of benzene rings is 1. The predicted octanol–water partition coefficient (Wildman–Crippen LogP) is 4.31. The summed E-state index contributed by atoms with van der Waals surface area (Å²) in [6.45, 7) is 0.964. The molecule has 0 radical (unpaired) electrons. The van der Waals surface area contributed by atoms with Gasteiger partial charge >= 0.3 is 0 Å². The van der Waals surface area contributed by atoms with Crippen LogP contribution >= 0.6 is 0 Å². The van der Waals surface area contributed by atoms with E-state index in [9.17, 15) is 0 Å². The molecular weight excluding hydrogens is 272 g/mol. The predicted molar refractivity (Wildman–Crippen MR) is 88.1 cm³/mol. The fraction of sp³-hybridized carbons (Fsp3) is 0.700. The van der Waals surface area contributed by atoms with E-state index in [-0.39, 0.29) is 6.61 Å². The van der Waals surface area contributed by atoms with Gasteiger partial charge in [0, 0.05) is 6.61 Å². The molecule has 2 heteroatoms. The van der Waals surface area contributed by atoms with Gasteiger partial charge in [-0.1, -0.05) is 12.1 Å². The molecule has 0 unspecified atom stereocenters. The normalized spacial score (nSPS) is 35.8. The van der Waals surface area contributed by atoms with Gasteiger partial charge in [0.2, 0.25) is 0 Å². The van der Waals surface area contributed by atoms with Gasteiger partial charge in [-0.3, -0.25) is 0 Å². The largest absolute Gasteiger partial charge is 0.494 e. The van der Waals surface area contributed by atoms with Crippen molar-refractivity contribution in [1.82, 2.24) is 0 Å². The molecule has 4 aliphatic carbocycles. The molecule has 22 heavy (non-hydrogen) atoms. The lowest BCUT2D eigenvalue weighted by Gasteiger charge is -2.57. The average molecular weight is 300 g/mol. The first-order valence-electron chi connectivity index (χ1n) is 9.12. The Kier molecular flexibility index (Phi) is 3.89. The van der Waals surface area contributed by atoms with E-state index in [0.29, 0.717) is 12.0 Å². The van der Waals surface area contributed by atoms with E-state index in [1.54, 1.807) is 5.56 Å². The van der Waals surface area contributed by atoms with Crippen molar-refractivity contribution in [3.05, 3.63) is 29.8 Å². The van der Waals surface area contributed by atoms with Crippen molar-refractivity contribution in [1.29, 1.82) is 0 Å². The molecule has 0 spiro atoms. The second-order valence-electron chi connectivity index (χ2n) is 8.00. The average Bonchev–Trinajstić information content (AvgIpc) is 2.51. The second kappa shape index (κ2) is 5.88. The smallest absolute Gasteiger partial charge is 0.119 e. The van der Waals surface area contributed by atoms with Gasteiger partial charge in [0.1, 0.15) is 5.75 Å². The summed E-state index contributed by atoms with van der Waals surface area (Å²) < 4.78 is 5.77. The molecule has 0 heterocycles. The summed E-state index contributed by atoms with van der Waals surface area (Å²) in [6.07, 6.45) is 10.5. The van der Waals surface area contributed by atoms with Gasteiger partial charge in [-0.05, 0) is 92.2 Å². The fourth-order valence-corrected chi connectivity index (χ4v) is 5.77. The van der Waals surface area contributed by atoms with E-state index in [1.165, 1.54) is 38.5 Å². The fourth-order valence-electron chi connectivity index (χ4n) is 5.77. The Morgan fingerprint density at radius 1 is 0.909 bits per heavy atom. The minimum atomic E-state index is 0.258. The molecule has 120 valence electrons. The van der Waals surface area contributed by atoms with Crippen molar-refractivity contribution >= 4 is 0 Å². The van der Waals surface area contributed by atoms with Crippen LogP contribution < -0.4 is 4.74 Å². The van der Waals surface area contributed by atoms with Gasteiger partial charge < -0.3 is 9.84 Å². The van der Waals surface area contributed by atoms with Gasteiger partial charge in [0.25, 0.3) is 0 Å². The van der Waals surface area contributed by atoms with Crippen molar-refractivity contribution in [3.63, 3.8) is 0 Å². The highest BCUT2D eigenvalue weighted by Gasteiger charge is 2.51. The summed E-state index contributed by atoms with van der Waals surface area (Å²) in [5.74, 6) is 3.98. The van der Waals surface area contributed by atoms with Crippen LogP contribution in [0.4, 0.5) is 0 Å². The summed E-state index contributed by atoms with van der Waals surface area (Å²) in [5.41, 5.74) is 2.05. The molecule has 0 aromatic heterocycles. The van der Waals surface area contributed by atoms with Crippen LogP contribution in [-0.2, 0) is 5.41 Å². The molecule has 1 N–H and O–H groups in total. The standard InChI is InChI=1S/C20H28O2/c21-7-1-2-8-22-19-5-3-18(4-6-19)20-12-15-9-16(13-20)11-17(10-15)14-20/h3-6,15-17,21H,1-2,7-14H2. The lowest BCUT2D eigenvalue weighted by atomic mass is 9.48. The van der Waals surface area contributed by atoms with E-state index in [0.717, 1.165) is 36.3 Å². The molecule has 4 fully saturated rings. The van der Waals surface area contributed by atoms with Gasteiger partial charge in [-0.25, -0.2) is 0 Å². The molecule has 4 aliphatic rings. The summed E-state index contributed by atoms with van der Waals surface area (Å²) >= 11 is 0. The zero-order valence-electron chi connectivity index (χ0n) is 13.5. The molecule has 1 aromatic carbocycles. The maximum Gasteiger partial charge on any atom is 0.119 e. The van der Waals surface area contributed by atoms with Crippen LogP contribution in [0.1, 0.15) is 56.9 Å². The third-order valence-corrected chi connectivity index (χ3v) is 6.33. The van der Waals surface area contributed by atoms with Crippen LogP contribution in [-0.4, -0.2) is 18.3 Å². The lowest BCUT2D eigenvalue weighted by molar-refractivity contribution is -0.00520. The van der Waals surface area contributed by atoms with E-state index >= 15 is 0 Å². The highest BCUT2D eigenvalue weighted by atomic mass is 16.5. The van der Waals surface area contributed by atoms with Gasteiger partial charge in [-0.15, -0.1) is 0 Å². The number of aliphatic hydroxyl groups excluding tert-OH is 1. The van der Waals surface area contributed by atoms with Crippen LogP contribution in [0.5, 0.6) is 5.75 Å². The molecule has 4 bridgehead atoms. The molecule has 0 atom stereocenters. The van der Waals surface area contributed by atoms with Crippen molar-refractivity contribution in [2.24, 2.45) is 17.8 Å². The lowest BCUT2D eigenvalue weighted by Crippen LogP contribution is -2.48. The first-order valence-corrected chi connectivity index (χ1v) is 9.12. The third kappa shape index (κ3) is 2.67. The number of aliphatic hydroxyl groups is 1. The number of rotatable bonds is 6. The van der Waals surface area contributed by atoms with Crippen LogP contribution in [0.25, 0.3) is 0 Å². The molecule has 1 aromatic rings. The molecule has 5 rings (SSSR count). The molecule has 0 aliphatic heterocycles. The second-order valence-corrected chi connectivity index (χ2v) is 8.00. The maximum atomic E-state index is 8.80. The monoisotopic (exact) mass is 300 g/mol. The number of unbranched alkanes of at least 4 members (excludes halogenated alkanes) is 1.